The molecule has 30 heteroatoms. The number of hydrogen-bond donors (Lipinski definition) is 15. The Balaban J connectivity index is 0.000000317. The number of phosphoric acid groups is 1. The maximum atomic E-state index is 12.2. The molecule has 0 aliphatic carbocycles. The van der Waals surface area contributed by atoms with Crippen molar-refractivity contribution in [3.05, 3.63) is 101 Å². The highest BCUT2D eigenvalue weighted by atomic mass is 31.2. The molecule has 7 rings (SSSR count). The number of aliphatic carboxylic acids is 2. The number of carbonyl (C=O) groups is 2. The zero-order chi connectivity index (χ0) is 84.0. The number of aliphatic hydroxyl groups is 8. The van der Waals surface area contributed by atoms with Gasteiger partial charge in [-0.2, -0.15) is 0 Å². The number of nitrogens with one attached hydrogen (secondary N) is 4. The number of rotatable bonds is 23. The van der Waals surface area contributed by atoms with Gasteiger partial charge >= 0.3 is 19.8 Å². The Kier molecular flexibility index (Phi) is 34.5. The fraction of sp³-hybridized carbons (Fsp3) is 0.675. The molecule has 3 aliphatic heterocycles. The van der Waals surface area contributed by atoms with Gasteiger partial charge in [0.2, 0.25) is 18.9 Å². The predicted molar refractivity (Wildman–Crippen MR) is 419 cm³/mol. The minimum atomic E-state index is -4.33. The van der Waals surface area contributed by atoms with Crippen molar-refractivity contribution >= 4 is 42.5 Å². The maximum absolute atomic E-state index is 12.2. The Labute approximate surface area is 650 Å². The normalized spacial score (nSPS) is 25.5. The van der Waals surface area contributed by atoms with Crippen molar-refractivity contribution in [1.82, 2.24) is 0 Å². The van der Waals surface area contributed by atoms with Crippen LogP contribution in [0.5, 0.6) is 17.2 Å². The largest absolute Gasteiger partial charge is 0.479 e. The van der Waals surface area contributed by atoms with E-state index in [4.69, 9.17) is 51.7 Å². The van der Waals surface area contributed by atoms with Gasteiger partial charge in [0.05, 0.1) is 84.7 Å². The van der Waals surface area contributed by atoms with Gasteiger partial charge in [0, 0.05) is 39.7 Å². The first kappa shape index (κ1) is 96.3. The summed E-state index contributed by atoms with van der Waals surface area (Å²) >= 11 is 0. The van der Waals surface area contributed by atoms with E-state index in [0.717, 1.165) is 22.5 Å². The summed E-state index contributed by atoms with van der Waals surface area (Å²) < 4.78 is 73.5. The molecule has 0 saturated carbocycles. The third-order valence-electron chi connectivity index (χ3n) is 15.9. The molecule has 29 nitrogen and oxygen atoms in total. The van der Waals surface area contributed by atoms with E-state index in [1.165, 1.54) is 17.7 Å². The molecule has 0 amide bonds. The minimum Gasteiger partial charge on any atom is -0.479 e. The minimum absolute atomic E-state index is 0.0810. The van der Waals surface area contributed by atoms with E-state index in [2.05, 4.69) is 87.1 Å². The van der Waals surface area contributed by atoms with Crippen LogP contribution in [-0.4, -0.2) is 199 Å². The average molecular weight is 1580 g/mol. The summed E-state index contributed by atoms with van der Waals surface area (Å²) in [6, 6.07) is 24.1. The highest BCUT2D eigenvalue weighted by molar-refractivity contribution is 7.47. The van der Waals surface area contributed by atoms with E-state index >= 15 is 0 Å². The molecule has 16 atom stereocenters. The molecule has 0 bridgehead atoms. The van der Waals surface area contributed by atoms with Crippen LogP contribution in [0.3, 0.4) is 0 Å². The summed E-state index contributed by atoms with van der Waals surface area (Å²) in [5.74, 6) is -3.01. The molecule has 15 N–H and O–H groups in total. The summed E-state index contributed by atoms with van der Waals surface area (Å²) in [5, 5.41) is 113. The molecular weight excluding hydrogens is 1450 g/mol. The highest BCUT2D eigenvalue weighted by Gasteiger charge is 2.50. The molecule has 3 aliphatic rings. The van der Waals surface area contributed by atoms with Gasteiger partial charge in [0.1, 0.15) is 53.9 Å². The molecule has 4 aromatic carbocycles. The van der Waals surface area contributed by atoms with Gasteiger partial charge in [-0.15, -0.1) is 0 Å². The number of aliphatic hydroxyl groups excluding tert-OH is 8. The maximum Gasteiger partial charge on any atom is 0.473 e. The van der Waals surface area contributed by atoms with Crippen LogP contribution in [0.25, 0.3) is 0 Å². The number of phosphoric ester groups is 1. The summed E-state index contributed by atoms with van der Waals surface area (Å²) in [4.78, 5) is 32.7. The van der Waals surface area contributed by atoms with E-state index in [9.17, 15) is 70.1 Å². The van der Waals surface area contributed by atoms with Gasteiger partial charge in [-0.3, -0.25) is 9.05 Å². The number of hydrogen-bond acceptors (Lipinski definition) is 26. The second-order valence-electron chi connectivity index (χ2n) is 36.1. The smallest absolute Gasteiger partial charge is 0.473 e. The predicted octanol–water partition coefficient (Wildman–Crippen LogP) is 11.2. The van der Waals surface area contributed by atoms with Crippen LogP contribution in [0.1, 0.15) is 202 Å². The summed E-state index contributed by atoms with van der Waals surface area (Å²) in [6.45, 7) is 51.4. The molecule has 110 heavy (non-hydrogen) atoms. The van der Waals surface area contributed by atoms with Gasteiger partial charge in [-0.25, -0.2) is 14.2 Å². The Morgan fingerprint density at radius 1 is 0.400 bits per heavy atom. The lowest BCUT2D eigenvalue weighted by molar-refractivity contribution is -0.271. The molecular formula is C80H131N4O25P. The van der Waals surface area contributed by atoms with Gasteiger partial charge in [0.15, 0.2) is 12.2 Å². The number of ether oxygens (including phenoxy) is 9. The Morgan fingerprint density at radius 3 is 1.05 bits per heavy atom. The van der Waals surface area contributed by atoms with Crippen molar-refractivity contribution in [1.29, 1.82) is 0 Å². The van der Waals surface area contributed by atoms with Gasteiger partial charge in [-0.1, -0.05) is 44.2 Å². The van der Waals surface area contributed by atoms with Gasteiger partial charge in [0.25, 0.3) is 0 Å². The summed E-state index contributed by atoms with van der Waals surface area (Å²) in [5.41, 5.74) is 4.19. The topological polar surface area (TPSA) is 423 Å². The van der Waals surface area contributed by atoms with E-state index in [1.54, 1.807) is 46.8 Å². The van der Waals surface area contributed by atoms with Crippen molar-refractivity contribution < 1.29 is 122 Å². The van der Waals surface area contributed by atoms with Crippen LogP contribution < -0.4 is 35.5 Å². The first-order valence-electron chi connectivity index (χ1n) is 37.0. The fourth-order valence-corrected chi connectivity index (χ4v) is 11.6. The molecule has 16 unspecified atom stereocenters. The molecule has 0 spiro atoms. The fourth-order valence-electron chi connectivity index (χ4n) is 10.6. The van der Waals surface area contributed by atoms with Crippen LogP contribution in [0, 0.1) is 11.8 Å². The van der Waals surface area contributed by atoms with Gasteiger partial charge < -0.3 is 120 Å². The van der Waals surface area contributed by atoms with E-state index in [-0.39, 0.29) is 52.4 Å². The molecule has 3 saturated heterocycles. The third kappa shape index (κ3) is 34.0. The Bertz CT molecular complexity index is 3560. The highest BCUT2D eigenvalue weighted by Crippen LogP contribution is 2.48. The van der Waals surface area contributed by atoms with E-state index < -0.39 is 123 Å². The van der Waals surface area contributed by atoms with Crippen LogP contribution in [0.4, 0.5) is 22.7 Å². The number of carboxylic acids is 2. The average Bonchev–Trinajstić information content (AvgIpc) is 0.799. The summed E-state index contributed by atoms with van der Waals surface area (Å²) in [6.07, 6.45) is -17.8. The summed E-state index contributed by atoms with van der Waals surface area (Å²) in [7, 11) is -4.33. The molecule has 0 aromatic heterocycles. The van der Waals surface area contributed by atoms with Gasteiger partial charge in [-0.05, 0) is 237 Å². The van der Waals surface area contributed by atoms with Crippen LogP contribution >= 0.6 is 7.82 Å². The molecule has 4 aromatic rings. The second-order valence-corrected chi connectivity index (χ2v) is 37.5. The van der Waals surface area contributed by atoms with E-state index in [1.807, 2.05) is 134 Å². The molecule has 0 radical (unpaired) electrons. The SMILES string of the molecule is CC(C)(C)Nc1cc(COP(=O)(O)OC(C)(C)C)ccc1OC1OC(C(=O)O)C(O)C(O)C1O.CC(C)(C)Nc1ccc(COC(C)(C)C)cc1.CC1C(O)C(CO)OC(Oc2ccc(COC(C)(C)C)cc2NC(C)(C)C)C1O.CC1C(O)C(Oc2ccc(COC(C)(C)C)cc2NC(C)(C)C)OC(C(=O)O)C1O. The lowest BCUT2D eigenvalue weighted by Crippen LogP contribution is -2.61. The Hall–Kier alpha value is -6.03. The third-order valence-corrected chi connectivity index (χ3v) is 17.1. The lowest BCUT2D eigenvalue weighted by atomic mass is 9.90. The first-order chi connectivity index (χ1) is 50.0. The Morgan fingerprint density at radius 2 is 0.718 bits per heavy atom. The van der Waals surface area contributed by atoms with E-state index in [0.29, 0.717) is 48.3 Å². The van der Waals surface area contributed by atoms with Crippen LogP contribution in [-0.2, 0) is 78.1 Å². The monoisotopic (exact) mass is 1580 g/mol. The van der Waals surface area contributed by atoms with Crippen LogP contribution in [0.2, 0.25) is 0 Å². The molecule has 626 valence electrons. The number of benzene rings is 4. The van der Waals surface area contributed by atoms with Crippen molar-refractivity contribution in [3.63, 3.8) is 0 Å². The van der Waals surface area contributed by atoms with Crippen molar-refractivity contribution in [2.24, 2.45) is 11.8 Å². The lowest BCUT2D eigenvalue weighted by Gasteiger charge is -2.41. The quantitative estimate of drug-likeness (QED) is 0.0307. The van der Waals surface area contributed by atoms with Crippen LogP contribution in [0.15, 0.2) is 78.9 Å². The van der Waals surface area contributed by atoms with Crippen molar-refractivity contribution in [2.45, 2.75) is 331 Å². The number of anilines is 4. The number of carboxylic acid groups (broad SMARTS) is 2. The molecule has 3 heterocycles. The molecule has 3 fully saturated rings. The first-order valence-corrected chi connectivity index (χ1v) is 38.5. The standard InChI is InChI=1S/C22H35NO7.C22H37NO6.C21H34NO11P.C15H25NO/c1-12-16(24)18(19(26)27)30-20(17(12)25)29-15-9-8-13(11-28-22(5,6)7)10-14(15)23-21(2,3)4;1-13-18(25)17(11-24)29-20(19(13)26)28-16-9-8-14(12-27-22(5,6)7)10-15(16)23-21(2,3)4;1-20(2,3)22-12-9-11(10-30-34(28,29)33-21(4,5)6)7-8-13(12)31-19-16(25)14(23)15(24)17(32-19)18(26)27;1-14(2,3)16-13-9-7-12(8-10-13)11-17-15(4,5)6/h8-10,12,16-18,20,23-25H,11H2,1-7H3,(H,26,27);8-10,13,17-20,23-26H,11-12H2,1-7H3;7-9,14-17,19,22-25H,10H2,1-6H3,(H,26,27)(H,28,29);7-10,16H,11H2,1-6H3. The zero-order valence-electron chi connectivity index (χ0n) is 69.3. The van der Waals surface area contributed by atoms with Crippen molar-refractivity contribution in [3.8, 4) is 17.2 Å². The van der Waals surface area contributed by atoms with Crippen molar-refractivity contribution in [2.75, 3.05) is 27.9 Å². The zero-order valence-corrected chi connectivity index (χ0v) is 70.2. The second kappa shape index (κ2) is 39.3.